The van der Waals surface area contributed by atoms with Crippen molar-refractivity contribution in [1.82, 2.24) is 0 Å². The average molecular weight is 466 g/mol. The van der Waals surface area contributed by atoms with Crippen molar-refractivity contribution in [3.8, 4) is 11.5 Å². The predicted octanol–water partition coefficient (Wildman–Crippen LogP) is 5.69. The Labute approximate surface area is 185 Å². The Morgan fingerprint density at radius 2 is 1.97 bits per heavy atom. The molecule has 2 atom stereocenters. The summed E-state index contributed by atoms with van der Waals surface area (Å²) in [4.78, 5) is 11.6. The van der Waals surface area contributed by atoms with Gasteiger partial charge in [-0.25, -0.2) is 0 Å². The molecule has 1 aliphatic carbocycles. The van der Waals surface area contributed by atoms with E-state index in [4.69, 9.17) is 15.2 Å². The van der Waals surface area contributed by atoms with Crippen LogP contribution in [0.25, 0.3) is 0 Å². The van der Waals surface area contributed by atoms with E-state index in [0.29, 0.717) is 5.75 Å². The van der Waals surface area contributed by atoms with Crippen LogP contribution in [0.1, 0.15) is 40.6 Å². The molecule has 0 bridgehead atoms. The van der Waals surface area contributed by atoms with Gasteiger partial charge in [-0.05, 0) is 59.9 Å². The Hall–Kier alpha value is -2.63. The molecule has 0 amide bonds. The van der Waals surface area contributed by atoms with Crippen LogP contribution in [0.5, 0.6) is 11.5 Å². The fourth-order valence-corrected chi connectivity index (χ4v) is 4.52. The van der Waals surface area contributed by atoms with Gasteiger partial charge < -0.3 is 15.2 Å². The number of rotatable bonds is 6. The van der Waals surface area contributed by atoms with Crippen LogP contribution < -0.4 is 10.5 Å². The standard InChI is InChI=1S/C25H24BrNO3/c1-29-24(28)14-16-5-4-7-19(13-16)30-23-12-10-18(26)15-22(23)25(27)21-11-9-17-6-2-3-8-20(17)21/h2-8,10,12-13,15,21,25H,9,11,14,27H2,1H3/t21-,25?/m0/s1. The van der Waals surface area contributed by atoms with Crippen molar-refractivity contribution in [3.05, 3.63) is 93.5 Å². The molecule has 1 aliphatic rings. The molecular formula is C25H24BrNO3. The number of halogens is 1. The van der Waals surface area contributed by atoms with Crippen molar-refractivity contribution >= 4 is 21.9 Å². The summed E-state index contributed by atoms with van der Waals surface area (Å²) >= 11 is 3.57. The minimum Gasteiger partial charge on any atom is -0.469 e. The van der Waals surface area contributed by atoms with E-state index in [1.54, 1.807) is 0 Å². The third-order valence-corrected chi connectivity index (χ3v) is 6.14. The van der Waals surface area contributed by atoms with Gasteiger partial charge in [0, 0.05) is 22.0 Å². The second-order valence-corrected chi connectivity index (χ2v) is 8.47. The van der Waals surface area contributed by atoms with E-state index in [1.807, 2.05) is 42.5 Å². The van der Waals surface area contributed by atoms with Gasteiger partial charge in [0.15, 0.2) is 0 Å². The number of hydrogen-bond acceptors (Lipinski definition) is 4. The van der Waals surface area contributed by atoms with Crippen molar-refractivity contribution in [3.63, 3.8) is 0 Å². The number of esters is 1. The normalized spacial score (nSPS) is 16.0. The third kappa shape index (κ3) is 4.42. The monoisotopic (exact) mass is 465 g/mol. The Bertz CT molecular complexity index is 1070. The van der Waals surface area contributed by atoms with E-state index in [2.05, 4.69) is 40.2 Å². The zero-order valence-electron chi connectivity index (χ0n) is 16.8. The summed E-state index contributed by atoms with van der Waals surface area (Å²) in [5, 5.41) is 0. The van der Waals surface area contributed by atoms with Gasteiger partial charge >= 0.3 is 5.97 Å². The van der Waals surface area contributed by atoms with Crippen molar-refractivity contribution < 1.29 is 14.3 Å². The van der Waals surface area contributed by atoms with Crippen LogP contribution in [0.3, 0.4) is 0 Å². The Kier molecular flexibility index (Phi) is 6.21. The lowest BCUT2D eigenvalue weighted by Crippen LogP contribution is -2.19. The molecule has 0 aromatic heterocycles. The molecule has 0 saturated carbocycles. The summed E-state index contributed by atoms with van der Waals surface area (Å²) in [6.45, 7) is 0. The second-order valence-electron chi connectivity index (χ2n) is 7.55. The van der Waals surface area contributed by atoms with Gasteiger partial charge in [-0.3, -0.25) is 4.79 Å². The lowest BCUT2D eigenvalue weighted by molar-refractivity contribution is -0.139. The molecule has 154 valence electrons. The first-order valence-electron chi connectivity index (χ1n) is 10.0. The Morgan fingerprint density at radius 1 is 1.13 bits per heavy atom. The maximum absolute atomic E-state index is 11.6. The molecule has 3 aromatic rings. The number of hydrogen-bond donors (Lipinski definition) is 1. The van der Waals surface area contributed by atoms with Gasteiger partial charge in [-0.2, -0.15) is 0 Å². The average Bonchev–Trinajstić information content (AvgIpc) is 3.19. The Morgan fingerprint density at radius 3 is 2.80 bits per heavy atom. The summed E-state index contributed by atoms with van der Waals surface area (Å²) in [6, 6.07) is 21.8. The van der Waals surface area contributed by atoms with Gasteiger partial charge in [-0.15, -0.1) is 0 Å². The summed E-state index contributed by atoms with van der Waals surface area (Å²) in [7, 11) is 1.39. The lowest BCUT2D eigenvalue weighted by atomic mass is 9.88. The minimum atomic E-state index is -0.279. The smallest absolute Gasteiger partial charge is 0.309 e. The molecule has 4 rings (SSSR count). The number of methoxy groups -OCH3 is 1. The van der Waals surface area contributed by atoms with E-state index < -0.39 is 0 Å². The van der Waals surface area contributed by atoms with Crippen LogP contribution in [0.2, 0.25) is 0 Å². The first-order valence-corrected chi connectivity index (χ1v) is 10.8. The molecule has 0 radical (unpaired) electrons. The molecule has 0 spiro atoms. The van der Waals surface area contributed by atoms with E-state index in [1.165, 1.54) is 18.2 Å². The molecular weight excluding hydrogens is 442 g/mol. The maximum atomic E-state index is 11.6. The molecule has 5 heteroatoms. The highest BCUT2D eigenvalue weighted by Gasteiger charge is 2.30. The summed E-state index contributed by atoms with van der Waals surface area (Å²) in [5.41, 5.74) is 11.3. The van der Waals surface area contributed by atoms with Gasteiger partial charge in [0.1, 0.15) is 11.5 Å². The van der Waals surface area contributed by atoms with Crippen molar-refractivity contribution in [2.75, 3.05) is 7.11 Å². The zero-order chi connectivity index (χ0) is 21.1. The highest BCUT2D eigenvalue weighted by Crippen LogP contribution is 2.43. The van der Waals surface area contributed by atoms with E-state index in [0.717, 1.165) is 34.2 Å². The van der Waals surface area contributed by atoms with E-state index in [-0.39, 0.29) is 24.3 Å². The molecule has 2 N–H and O–H groups in total. The SMILES string of the molecule is COC(=O)Cc1cccc(Oc2ccc(Br)cc2C(N)[C@H]2CCc3ccccc32)c1. The molecule has 3 aromatic carbocycles. The number of fused-ring (bicyclic) bond motifs is 1. The van der Waals surface area contributed by atoms with Crippen LogP contribution in [0, 0.1) is 0 Å². The minimum absolute atomic E-state index is 0.181. The predicted molar refractivity (Wildman–Crippen MR) is 121 cm³/mol. The molecule has 0 saturated heterocycles. The van der Waals surface area contributed by atoms with Crippen molar-refractivity contribution in [2.45, 2.75) is 31.2 Å². The maximum Gasteiger partial charge on any atom is 0.309 e. The van der Waals surface area contributed by atoms with Crippen LogP contribution >= 0.6 is 15.9 Å². The highest BCUT2D eigenvalue weighted by molar-refractivity contribution is 9.10. The van der Waals surface area contributed by atoms with Gasteiger partial charge in [0.2, 0.25) is 0 Å². The molecule has 4 nitrogen and oxygen atoms in total. The van der Waals surface area contributed by atoms with Gasteiger partial charge in [0.05, 0.1) is 13.5 Å². The number of aryl methyl sites for hydroxylation is 1. The van der Waals surface area contributed by atoms with Crippen LogP contribution in [-0.4, -0.2) is 13.1 Å². The summed E-state index contributed by atoms with van der Waals surface area (Å²) in [5.74, 6) is 1.37. The fraction of sp³-hybridized carbons (Fsp3) is 0.240. The first kappa shape index (κ1) is 20.6. The topological polar surface area (TPSA) is 61.5 Å². The second kappa shape index (κ2) is 9.02. The molecule has 0 aliphatic heterocycles. The number of ether oxygens (including phenoxy) is 2. The number of benzene rings is 3. The summed E-state index contributed by atoms with van der Waals surface area (Å²) < 4.78 is 12.0. The fourth-order valence-electron chi connectivity index (χ4n) is 4.14. The molecule has 0 fully saturated rings. The van der Waals surface area contributed by atoms with E-state index >= 15 is 0 Å². The first-order chi connectivity index (χ1) is 14.5. The van der Waals surface area contributed by atoms with Crippen LogP contribution in [0.4, 0.5) is 0 Å². The zero-order valence-corrected chi connectivity index (χ0v) is 18.4. The van der Waals surface area contributed by atoms with Crippen molar-refractivity contribution in [1.29, 1.82) is 0 Å². The van der Waals surface area contributed by atoms with Gasteiger partial charge in [-0.1, -0.05) is 52.3 Å². The van der Waals surface area contributed by atoms with Crippen molar-refractivity contribution in [2.24, 2.45) is 5.73 Å². The number of carbonyl (C=O) groups excluding carboxylic acids is 1. The Balaban J connectivity index is 1.62. The lowest BCUT2D eigenvalue weighted by Gasteiger charge is -2.23. The summed E-state index contributed by atoms with van der Waals surface area (Å²) in [6.07, 6.45) is 2.29. The quantitative estimate of drug-likeness (QED) is 0.475. The van der Waals surface area contributed by atoms with Gasteiger partial charge in [0.25, 0.3) is 0 Å². The molecule has 1 unspecified atom stereocenters. The largest absolute Gasteiger partial charge is 0.469 e. The highest BCUT2D eigenvalue weighted by atomic mass is 79.9. The number of carbonyl (C=O) groups is 1. The third-order valence-electron chi connectivity index (χ3n) is 5.65. The molecule has 0 heterocycles. The van der Waals surface area contributed by atoms with Crippen LogP contribution in [0.15, 0.2) is 71.2 Å². The van der Waals surface area contributed by atoms with E-state index in [9.17, 15) is 4.79 Å². The molecule has 30 heavy (non-hydrogen) atoms. The number of nitrogens with two attached hydrogens (primary N) is 1. The van der Waals surface area contributed by atoms with Crippen LogP contribution in [-0.2, 0) is 22.4 Å².